The van der Waals surface area contributed by atoms with Crippen molar-refractivity contribution in [1.29, 1.82) is 0 Å². The van der Waals surface area contributed by atoms with E-state index < -0.39 is 15.6 Å². The summed E-state index contributed by atoms with van der Waals surface area (Å²) in [5, 5.41) is 11.7. The number of aromatic nitrogens is 3. The van der Waals surface area contributed by atoms with Crippen LogP contribution >= 0.6 is 0 Å². The van der Waals surface area contributed by atoms with Gasteiger partial charge in [-0.05, 0) is 20.8 Å². The Kier molecular flexibility index (Phi) is 2.16. The summed E-state index contributed by atoms with van der Waals surface area (Å²) in [6, 6.07) is 0. The molecule has 0 unspecified atom stereocenters. The summed E-state index contributed by atoms with van der Waals surface area (Å²) in [6.45, 7) is 5.52. The van der Waals surface area contributed by atoms with E-state index in [1.165, 1.54) is 10.9 Å². The van der Waals surface area contributed by atoms with Crippen LogP contribution in [0.1, 0.15) is 20.8 Å². The van der Waals surface area contributed by atoms with Gasteiger partial charge in [-0.1, -0.05) is 0 Å². The van der Waals surface area contributed by atoms with Gasteiger partial charge in [-0.15, -0.1) is 10.2 Å². The second kappa shape index (κ2) is 2.78. The van der Waals surface area contributed by atoms with Crippen LogP contribution < -0.4 is 5.14 Å². The Hall–Kier alpha value is -0.950. The first kappa shape index (κ1) is 10.1. The van der Waals surface area contributed by atoms with Gasteiger partial charge in [0.1, 0.15) is 6.33 Å². The highest BCUT2D eigenvalue weighted by Crippen LogP contribution is 2.16. The van der Waals surface area contributed by atoms with Gasteiger partial charge in [-0.3, -0.25) is 4.57 Å². The predicted octanol–water partition coefficient (Wildman–Crippen LogP) is -0.320. The maximum Gasteiger partial charge on any atom is 0.273 e. The van der Waals surface area contributed by atoms with Gasteiger partial charge in [0, 0.05) is 5.54 Å². The summed E-state index contributed by atoms with van der Waals surface area (Å²) < 4.78 is 23.5. The van der Waals surface area contributed by atoms with E-state index in [1.807, 2.05) is 20.8 Å². The van der Waals surface area contributed by atoms with Crippen LogP contribution in [0.3, 0.4) is 0 Å². The van der Waals surface area contributed by atoms with Crippen molar-refractivity contribution < 1.29 is 8.42 Å². The number of sulfonamides is 1. The van der Waals surface area contributed by atoms with E-state index in [2.05, 4.69) is 10.2 Å². The van der Waals surface area contributed by atoms with Gasteiger partial charge in [0.2, 0.25) is 0 Å². The summed E-state index contributed by atoms with van der Waals surface area (Å²) >= 11 is 0. The first-order chi connectivity index (χ1) is 5.73. The van der Waals surface area contributed by atoms with Crippen LogP contribution in [0, 0.1) is 0 Å². The molecule has 0 aromatic carbocycles. The van der Waals surface area contributed by atoms with Crippen molar-refractivity contribution in [2.45, 2.75) is 31.5 Å². The average Bonchev–Trinajstić information content (AvgIpc) is 2.27. The highest BCUT2D eigenvalue weighted by molar-refractivity contribution is 7.89. The van der Waals surface area contributed by atoms with Gasteiger partial charge in [0.15, 0.2) is 0 Å². The lowest BCUT2D eigenvalue weighted by molar-refractivity contribution is 0.362. The molecule has 0 amide bonds. The zero-order valence-corrected chi connectivity index (χ0v) is 8.54. The van der Waals surface area contributed by atoms with E-state index in [0.29, 0.717) is 0 Å². The summed E-state index contributed by atoms with van der Waals surface area (Å²) in [5.41, 5.74) is -0.398. The Labute approximate surface area is 76.8 Å². The molecule has 1 aromatic heterocycles. The van der Waals surface area contributed by atoms with Crippen molar-refractivity contribution in [3.63, 3.8) is 0 Å². The lowest BCUT2D eigenvalue weighted by Crippen LogP contribution is -2.27. The molecule has 7 heteroatoms. The van der Waals surface area contributed by atoms with Gasteiger partial charge < -0.3 is 0 Å². The van der Waals surface area contributed by atoms with Crippen molar-refractivity contribution in [2.24, 2.45) is 5.14 Å². The molecule has 0 radical (unpaired) electrons. The highest BCUT2D eigenvalue weighted by Gasteiger charge is 2.24. The molecule has 0 fully saturated rings. The number of nitrogens with two attached hydrogens (primary N) is 1. The number of hydrogen-bond acceptors (Lipinski definition) is 4. The molecule has 1 rings (SSSR count). The van der Waals surface area contributed by atoms with E-state index in [-0.39, 0.29) is 5.16 Å². The van der Waals surface area contributed by atoms with Gasteiger partial charge in [-0.25, -0.2) is 13.6 Å². The maximum absolute atomic E-state index is 11.0. The van der Waals surface area contributed by atoms with Gasteiger partial charge in [0.25, 0.3) is 15.2 Å². The van der Waals surface area contributed by atoms with Crippen LogP contribution in [-0.4, -0.2) is 23.2 Å². The molecule has 6 nitrogen and oxygen atoms in total. The molecule has 13 heavy (non-hydrogen) atoms. The maximum atomic E-state index is 11.0. The second-order valence-corrected chi connectivity index (χ2v) is 5.15. The van der Waals surface area contributed by atoms with E-state index in [1.54, 1.807) is 0 Å². The standard InChI is InChI=1S/C6H12N4O2S/c1-6(2,3)10-4-8-9-5(10)13(7,11)12/h4H,1-3H3,(H2,7,11,12). The molecule has 2 N–H and O–H groups in total. The fourth-order valence-electron chi connectivity index (χ4n) is 0.879. The van der Waals surface area contributed by atoms with E-state index >= 15 is 0 Å². The Bertz CT molecular complexity index is 401. The summed E-state index contributed by atoms with van der Waals surface area (Å²) in [5.74, 6) is 0. The lowest BCUT2D eigenvalue weighted by atomic mass is 10.1. The molecule has 1 aromatic rings. The van der Waals surface area contributed by atoms with Crippen LogP contribution in [0.4, 0.5) is 0 Å². The van der Waals surface area contributed by atoms with Gasteiger partial charge >= 0.3 is 0 Å². The van der Waals surface area contributed by atoms with Crippen molar-refractivity contribution in [1.82, 2.24) is 14.8 Å². The minimum absolute atomic E-state index is 0.208. The van der Waals surface area contributed by atoms with E-state index in [4.69, 9.17) is 5.14 Å². The highest BCUT2D eigenvalue weighted by atomic mass is 32.2. The second-order valence-electron chi connectivity index (χ2n) is 3.70. The van der Waals surface area contributed by atoms with Crippen LogP contribution in [0.5, 0.6) is 0 Å². The van der Waals surface area contributed by atoms with Gasteiger partial charge in [0.05, 0.1) is 0 Å². The quantitative estimate of drug-likeness (QED) is 0.678. The first-order valence-corrected chi connectivity index (χ1v) is 5.21. The lowest BCUT2D eigenvalue weighted by Gasteiger charge is -2.21. The summed E-state index contributed by atoms with van der Waals surface area (Å²) in [6.07, 6.45) is 1.35. The topological polar surface area (TPSA) is 90.9 Å². The predicted molar refractivity (Wildman–Crippen MR) is 46.4 cm³/mol. The number of nitrogens with zero attached hydrogens (tertiary/aromatic N) is 3. The molecule has 0 aliphatic heterocycles. The Morgan fingerprint density at radius 2 is 2.00 bits per heavy atom. The van der Waals surface area contributed by atoms with Crippen LogP contribution in [0.15, 0.2) is 11.5 Å². The molecular weight excluding hydrogens is 192 g/mol. The first-order valence-electron chi connectivity index (χ1n) is 3.66. The molecule has 1 heterocycles. The molecule has 0 saturated carbocycles. The monoisotopic (exact) mass is 204 g/mol. The molecular formula is C6H12N4O2S. The van der Waals surface area contributed by atoms with Crippen molar-refractivity contribution >= 4 is 10.0 Å². The summed E-state index contributed by atoms with van der Waals surface area (Å²) in [4.78, 5) is 0. The zero-order chi connectivity index (χ0) is 10.3. The summed E-state index contributed by atoms with van der Waals surface area (Å²) in [7, 11) is -3.78. The van der Waals surface area contributed by atoms with Crippen molar-refractivity contribution in [3.8, 4) is 0 Å². The smallest absolute Gasteiger partial charge is 0.273 e. The fraction of sp³-hybridized carbons (Fsp3) is 0.667. The largest absolute Gasteiger partial charge is 0.298 e. The van der Waals surface area contributed by atoms with E-state index in [9.17, 15) is 8.42 Å². The van der Waals surface area contributed by atoms with Crippen molar-refractivity contribution in [2.75, 3.05) is 0 Å². The third-order valence-electron chi connectivity index (χ3n) is 1.49. The molecule has 0 spiro atoms. The Balaban J connectivity index is 3.35. The molecule has 0 aliphatic rings. The number of primary sulfonamides is 1. The number of hydrogen-bond donors (Lipinski definition) is 1. The van der Waals surface area contributed by atoms with Gasteiger partial charge in [-0.2, -0.15) is 0 Å². The SMILES string of the molecule is CC(C)(C)n1cnnc1S(N)(=O)=O. The average molecular weight is 204 g/mol. The molecule has 74 valence electrons. The van der Waals surface area contributed by atoms with Crippen LogP contribution in [-0.2, 0) is 15.6 Å². The molecule has 0 atom stereocenters. The van der Waals surface area contributed by atoms with Crippen LogP contribution in [0.2, 0.25) is 0 Å². The minimum Gasteiger partial charge on any atom is -0.298 e. The minimum atomic E-state index is -3.78. The zero-order valence-electron chi connectivity index (χ0n) is 7.72. The molecule has 0 saturated heterocycles. The Morgan fingerprint density at radius 1 is 1.46 bits per heavy atom. The molecule has 0 aliphatic carbocycles. The number of rotatable bonds is 1. The van der Waals surface area contributed by atoms with E-state index in [0.717, 1.165) is 0 Å². The Morgan fingerprint density at radius 3 is 2.31 bits per heavy atom. The van der Waals surface area contributed by atoms with Crippen LogP contribution in [0.25, 0.3) is 0 Å². The molecule has 0 bridgehead atoms. The van der Waals surface area contributed by atoms with Crippen molar-refractivity contribution in [3.05, 3.63) is 6.33 Å². The third-order valence-corrected chi connectivity index (χ3v) is 2.28. The third kappa shape index (κ3) is 2.04. The fourth-order valence-corrected chi connectivity index (χ4v) is 1.63. The normalized spacial score (nSPS) is 13.2.